The van der Waals surface area contributed by atoms with Crippen molar-refractivity contribution in [1.82, 2.24) is 15.2 Å². The van der Waals surface area contributed by atoms with Crippen LogP contribution >= 0.6 is 0 Å². The van der Waals surface area contributed by atoms with Crippen LogP contribution in [0.2, 0.25) is 0 Å². The zero-order valence-corrected chi connectivity index (χ0v) is 12.1. The molecule has 3 rings (SSSR count). The summed E-state index contributed by atoms with van der Waals surface area (Å²) >= 11 is 0. The van der Waals surface area contributed by atoms with Gasteiger partial charge in [0, 0.05) is 18.9 Å². The summed E-state index contributed by atoms with van der Waals surface area (Å²) in [6, 6.07) is 13.1. The molecule has 1 aromatic carbocycles. The maximum absolute atomic E-state index is 12.6. The van der Waals surface area contributed by atoms with Crippen LogP contribution in [0.4, 0.5) is 4.79 Å². The van der Waals surface area contributed by atoms with Crippen molar-refractivity contribution in [2.45, 2.75) is 13.0 Å². The van der Waals surface area contributed by atoms with Crippen molar-refractivity contribution in [3.05, 3.63) is 66.0 Å². The molecule has 2 aromatic rings. The van der Waals surface area contributed by atoms with Crippen LogP contribution in [0.1, 0.15) is 11.1 Å². The summed E-state index contributed by atoms with van der Waals surface area (Å²) in [5, 5.41) is 2.80. The molecule has 1 aliphatic heterocycles. The maximum Gasteiger partial charge on any atom is 0.324 e. The third-order valence-corrected chi connectivity index (χ3v) is 3.78. The maximum atomic E-state index is 12.6. The summed E-state index contributed by atoms with van der Waals surface area (Å²) in [7, 11) is 0. The van der Waals surface area contributed by atoms with Crippen molar-refractivity contribution in [1.29, 1.82) is 0 Å². The summed E-state index contributed by atoms with van der Waals surface area (Å²) in [6.45, 7) is 0.665. The average molecular weight is 295 g/mol. The SMILES string of the molecule is O=C1NCC(Cc2ccccc2)C(=O)N1Cc1ccncc1. The molecule has 1 aliphatic rings. The topological polar surface area (TPSA) is 62.3 Å². The van der Waals surface area contributed by atoms with Crippen molar-refractivity contribution in [2.75, 3.05) is 6.54 Å². The van der Waals surface area contributed by atoms with Crippen molar-refractivity contribution >= 4 is 11.9 Å². The van der Waals surface area contributed by atoms with Gasteiger partial charge in [0.25, 0.3) is 0 Å². The molecule has 1 saturated heterocycles. The van der Waals surface area contributed by atoms with E-state index in [0.29, 0.717) is 13.0 Å². The fourth-order valence-electron chi connectivity index (χ4n) is 2.59. The molecule has 1 aromatic heterocycles. The molecule has 112 valence electrons. The van der Waals surface area contributed by atoms with E-state index in [9.17, 15) is 9.59 Å². The molecule has 0 radical (unpaired) electrons. The highest BCUT2D eigenvalue weighted by atomic mass is 16.2. The Kier molecular flexibility index (Phi) is 4.14. The minimum absolute atomic E-state index is 0.121. The molecule has 1 atom stereocenters. The number of carbonyl (C=O) groups is 2. The Hall–Kier alpha value is -2.69. The second-order valence-corrected chi connectivity index (χ2v) is 5.35. The lowest BCUT2D eigenvalue weighted by atomic mass is 9.96. The smallest absolute Gasteiger partial charge is 0.324 e. The van der Waals surface area contributed by atoms with Crippen molar-refractivity contribution in [3.8, 4) is 0 Å². The number of rotatable bonds is 4. The van der Waals surface area contributed by atoms with Crippen LogP contribution in [0.15, 0.2) is 54.9 Å². The highest BCUT2D eigenvalue weighted by Crippen LogP contribution is 2.17. The second kappa shape index (κ2) is 6.39. The fraction of sp³-hybridized carbons (Fsp3) is 0.235. The van der Waals surface area contributed by atoms with Crippen molar-refractivity contribution < 1.29 is 9.59 Å². The molecule has 5 nitrogen and oxygen atoms in total. The van der Waals surface area contributed by atoms with E-state index in [1.165, 1.54) is 4.90 Å². The summed E-state index contributed by atoms with van der Waals surface area (Å²) < 4.78 is 0. The Morgan fingerprint density at radius 3 is 2.50 bits per heavy atom. The number of aromatic nitrogens is 1. The highest BCUT2D eigenvalue weighted by molar-refractivity contribution is 5.98. The summed E-state index contributed by atoms with van der Waals surface area (Å²) in [4.78, 5) is 29.8. The van der Waals surface area contributed by atoms with E-state index >= 15 is 0 Å². The molecule has 0 bridgehead atoms. The zero-order chi connectivity index (χ0) is 15.4. The Morgan fingerprint density at radius 2 is 1.77 bits per heavy atom. The zero-order valence-electron chi connectivity index (χ0n) is 12.1. The number of amides is 3. The summed E-state index contributed by atoms with van der Waals surface area (Å²) in [5.74, 6) is -0.341. The van der Waals surface area contributed by atoms with Crippen molar-refractivity contribution in [3.63, 3.8) is 0 Å². The van der Waals surface area contributed by atoms with E-state index in [1.807, 2.05) is 30.3 Å². The van der Waals surface area contributed by atoms with Crippen LogP contribution in [0.3, 0.4) is 0 Å². The largest absolute Gasteiger partial charge is 0.337 e. The Morgan fingerprint density at radius 1 is 1.05 bits per heavy atom. The van der Waals surface area contributed by atoms with E-state index in [4.69, 9.17) is 0 Å². The number of hydrogen-bond acceptors (Lipinski definition) is 3. The molecule has 1 unspecified atom stereocenters. The van der Waals surface area contributed by atoms with Gasteiger partial charge in [-0.3, -0.25) is 14.7 Å². The van der Waals surface area contributed by atoms with Crippen LogP contribution in [0, 0.1) is 5.92 Å². The van der Waals surface area contributed by atoms with Gasteiger partial charge >= 0.3 is 6.03 Å². The third-order valence-electron chi connectivity index (χ3n) is 3.78. The Bertz CT molecular complexity index is 658. The van der Waals surface area contributed by atoms with Gasteiger partial charge in [-0.25, -0.2) is 4.79 Å². The molecule has 0 aliphatic carbocycles. The third kappa shape index (κ3) is 3.14. The number of nitrogens with zero attached hydrogens (tertiary/aromatic N) is 2. The number of hydrogen-bond donors (Lipinski definition) is 1. The monoisotopic (exact) mass is 295 g/mol. The van der Waals surface area contributed by atoms with E-state index in [1.54, 1.807) is 24.5 Å². The van der Waals surface area contributed by atoms with Gasteiger partial charge in [0.15, 0.2) is 0 Å². The van der Waals surface area contributed by atoms with E-state index in [0.717, 1.165) is 11.1 Å². The van der Waals surface area contributed by atoms with Gasteiger partial charge in [0.1, 0.15) is 0 Å². The lowest BCUT2D eigenvalue weighted by Gasteiger charge is -2.31. The van der Waals surface area contributed by atoms with Gasteiger partial charge in [0.05, 0.1) is 12.5 Å². The number of benzene rings is 1. The minimum Gasteiger partial charge on any atom is -0.337 e. The molecule has 22 heavy (non-hydrogen) atoms. The number of pyridine rings is 1. The van der Waals surface area contributed by atoms with Gasteiger partial charge in [-0.15, -0.1) is 0 Å². The van der Waals surface area contributed by atoms with Gasteiger partial charge in [0.2, 0.25) is 5.91 Å². The summed E-state index contributed by atoms with van der Waals surface area (Å²) in [6.07, 6.45) is 3.94. The first-order valence-electron chi connectivity index (χ1n) is 7.26. The molecule has 5 heteroatoms. The number of imide groups is 1. The molecule has 0 saturated carbocycles. The average Bonchev–Trinajstić information content (AvgIpc) is 2.56. The first kappa shape index (κ1) is 14.3. The number of urea groups is 1. The minimum atomic E-state index is -0.328. The highest BCUT2D eigenvalue weighted by Gasteiger charge is 2.33. The predicted molar refractivity (Wildman–Crippen MR) is 81.8 cm³/mol. The first-order chi connectivity index (χ1) is 10.7. The standard InChI is InChI=1S/C17H17N3O2/c21-16-15(10-13-4-2-1-3-5-13)11-19-17(22)20(16)12-14-6-8-18-9-7-14/h1-9,15H,10-12H2,(H,19,22). The summed E-state index contributed by atoms with van der Waals surface area (Å²) in [5.41, 5.74) is 1.99. The van der Waals surface area contributed by atoms with Crippen molar-refractivity contribution in [2.24, 2.45) is 5.92 Å². The van der Waals surface area contributed by atoms with Crippen LogP contribution in [0.25, 0.3) is 0 Å². The quantitative estimate of drug-likeness (QED) is 0.938. The fourth-order valence-corrected chi connectivity index (χ4v) is 2.59. The molecular formula is C17H17N3O2. The number of carbonyl (C=O) groups excluding carboxylic acids is 2. The van der Waals surface area contributed by atoms with E-state index in [2.05, 4.69) is 10.3 Å². The molecule has 2 heterocycles. The number of nitrogens with one attached hydrogen (secondary N) is 1. The van der Waals surface area contributed by atoms with Crippen LogP contribution in [-0.4, -0.2) is 28.4 Å². The van der Waals surface area contributed by atoms with Crippen LogP contribution in [-0.2, 0) is 17.8 Å². The Labute approximate surface area is 129 Å². The lowest BCUT2D eigenvalue weighted by Crippen LogP contribution is -2.54. The van der Waals surface area contributed by atoms with Gasteiger partial charge in [-0.1, -0.05) is 30.3 Å². The molecule has 0 spiro atoms. The molecule has 1 fully saturated rings. The van der Waals surface area contributed by atoms with Gasteiger partial charge in [-0.2, -0.15) is 0 Å². The molecule has 1 N–H and O–H groups in total. The Balaban J connectivity index is 1.73. The first-order valence-corrected chi connectivity index (χ1v) is 7.26. The van der Waals surface area contributed by atoms with E-state index in [-0.39, 0.29) is 24.4 Å². The van der Waals surface area contributed by atoms with Crippen LogP contribution < -0.4 is 5.32 Å². The molecular weight excluding hydrogens is 278 g/mol. The predicted octanol–water partition coefficient (Wildman–Crippen LogP) is 1.99. The normalized spacial score (nSPS) is 18.2. The second-order valence-electron chi connectivity index (χ2n) is 5.35. The van der Waals surface area contributed by atoms with Gasteiger partial charge in [-0.05, 0) is 29.7 Å². The van der Waals surface area contributed by atoms with E-state index < -0.39 is 0 Å². The lowest BCUT2D eigenvalue weighted by molar-refractivity contribution is -0.134. The van der Waals surface area contributed by atoms with Crippen LogP contribution in [0.5, 0.6) is 0 Å². The molecule has 3 amide bonds. The van der Waals surface area contributed by atoms with Gasteiger partial charge < -0.3 is 5.32 Å².